The third-order valence-corrected chi connectivity index (χ3v) is 4.04. The van der Waals surface area contributed by atoms with Crippen molar-refractivity contribution in [2.75, 3.05) is 18.4 Å². The number of carbonyl (C=O) groups excluding carboxylic acids is 2. The molecule has 2 heterocycles. The summed E-state index contributed by atoms with van der Waals surface area (Å²) in [5.74, 6) is -0.0567. The van der Waals surface area contributed by atoms with Crippen LogP contribution in [0.15, 0.2) is 36.7 Å². The Bertz CT molecular complexity index is 726. The molecule has 6 heteroatoms. The van der Waals surface area contributed by atoms with Crippen molar-refractivity contribution in [1.29, 1.82) is 0 Å². The third kappa shape index (κ3) is 3.59. The molecule has 1 fully saturated rings. The van der Waals surface area contributed by atoms with Crippen LogP contribution in [0.25, 0.3) is 10.8 Å². The Hall–Kier alpha value is -2.63. The highest BCUT2D eigenvalue weighted by molar-refractivity contribution is 6.01. The predicted octanol–water partition coefficient (Wildman–Crippen LogP) is 2.37. The maximum atomic E-state index is 12.5. The van der Waals surface area contributed by atoms with E-state index < -0.39 is 0 Å². The highest BCUT2D eigenvalue weighted by atomic mass is 16.2. The molecular formula is C17H20N4O2. The molecule has 120 valence electrons. The van der Waals surface area contributed by atoms with E-state index in [4.69, 9.17) is 0 Å². The molecular weight excluding hydrogens is 292 g/mol. The van der Waals surface area contributed by atoms with E-state index in [2.05, 4.69) is 15.6 Å². The van der Waals surface area contributed by atoms with Gasteiger partial charge in [0.15, 0.2) is 0 Å². The molecule has 0 unspecified atom stereocenters. The number of benzene rings is 1. The molecule has 0 bridgehead atoms. The second kappa shape index (κ2) is 6.64. The lowest BCUT2D eigenvalue weighted by Crippen LogP contribution is -2.50. The fraction of sp³-hybridized carbons (Fsp3) is 0.353. The van der Waals surface area contributed by atoms with Crippen molar-refractivity contribution in [3.8, 4) is 0 Å². The van der Waals surface area contributed by atoms with Crippen molar-refractivity contribution in [3.63, 3.8) is 0 Å². The number of fused-ring (bicyclic) bond motifs is 1. The number of carbonyl (C=O) groups is 2. The van der Waals surface area contributed by atoms with Crippen molar-refractivity contribution in [2.45, 2.75) is 25.8 Å². The first-order chi connectivity index (χ1) is 11.1. The zero-order valence-corrected chi connectivity index (χ0v) is 13.1. The van der Waals surface area contributed by atoms with Gasteiger partial charge in [-0.25, -0.2) is 4.79 Å². The number of anilines is 1. The number of amides is 3. The summed E-state index contributed by atoms with van der Waals surface area (Å²) in [5, 5.41) is 7.82. The van der Waals surface area contributed by atoms with E-state index in [1.807, 2.05) is 24.3 Å². The topological polar surface area (TPSA) is 74.3 Å². The summed E-state index contributed by atoms with van der Waals surface area (Å²) in [6.07, 6.45) is 5.28. The lowest BCUT2D eigenvalue weighted by atomic mass is 10.1. The number of piperidine rings is 1. The van der Waals surface area contributed by atoms with E-state index in [9.17, 15) is 9.59 Å². The molecule has 1 aliphatic rings. The molecule has 1 saturated heterocycles. The van der Waals surface area contributed by atoms with Gasteiger partial charge in [0.25, 0.3) is 0 Å². The summed E-state index contributed by atoms with van der Waals surface area (Å²) in [7, 11) is 0. The van der Waals surface area contributed by atoms with Gasteiger partial charge in [0.05, 0.1) is 5.69 Å². The number of hydrogen-bond donors (Lipinski definition) is 2. The van der Waals surface area contributed by atoms with Gasteiger partial charge in [0.2, 0.25) is 5.91 Å². The molecule has 0 spiro atoms. The van der Waals surface area contributed by atoms with Crippen LogP contribution < -0.4 is 10.6 Å². The van der Waals surface area contributed by atoms with Crippen LogP contribution in [0.1, 0.15) is 19.8 Å². The minimum absolute atomic E-state index is 0.0312. The van der Waals surface area contributed by atoms with Gasteiger partial charge in [-0.2, -0.15) is 0 Å². The van der Waals surface area contributed by atoms with E-state index in [-0.39, 0.29) is 18.0 Å². The summed E-state index contributed by atoms with van der Waals surface area (Å²) in [5.41, 5.74) is 0.775. The molecule has 3 amide bonds. The Morgan fingerprint density at radius 1 is 1.30 bits per heavy atom. The molecule has 0 aliphatic carbocycles. The number of rotatable bonds is 2. The Morgan fingerprint density at radius 3 is 3.00 bits per heavy atom. The maximum absolute atomic E-state index is 12.5. The van der Waals surface area contributed by atoms with Gasteiger partial charge >= 0.3 is 6.03 Å². The second-order valence-corrected chi connectivity index (χ2v) is 5.82. The lowest BCUT2D eigenvalue weighted by molar-refractivity contribution is -0.119. The number of aromatic nitrogens is 1. The summed E-state index contributed by atoms with van der Waals surface area (Å²) < 4.78 is 0. The number of pyridine rings is 1. The van der Waals surface area contributed by atoms with Gasteiger partial charge in [-0.1, -0.05) is 12.1 Å². The standard InChI is InChI=1S/C17H20N4O2/c1-12(22)19-14-5-3-9-21(11-14)17(23)20-16-6-2-4-13-10-18-8-7-15(13)16/h2,4,6-8,10,14H,3,5,9,11H2,1H3,(H,19,22)(H,20,23)/t14-/m0/s1. The molecule has 0 radical (unpaired) electrons. The summed E-state index contributed by atoms with van der Waals surface area (Å²) in [6, 6.07) is 7.53. The van der Waals surface area contributed by atoms with Gasteiger partial charge in [-0.05, 0) is 25.0 Å². The van der Waals surface area contributed by atoms with Crippen LogP contribution in [0.5, 0.6) is 0 Å². The van der Waals surface area contributed by atoms with Crippen LogP contribution >= 0.6 is 0 Å². The van der Waals surface area contributed by atoms with Gasteiger partial charge in [-0.15, -0.1) is 0 Å². The van der Waals surface area contributed by atoms with E-state index in [0.717, 1.165) is 29.3 Å². The number of urea groups is 1. The first kappa shape index (κ1) is 15.3. The van der Waals surface area contributed by atoms with Crippen LogP contribution in [0.3, 0.4) is 0 Å². The fourth-order valence-electron chi connectivity index (χ4n) is 2.99. The molecule has 23 heavy (non-hydrogen) atoms. The Kier molecular flexibility index (Phi) is 4.41. The molecule has 1 aromatic carbocycles. The first-order valence-electron chi connectivity index (χ1n) is 7.79. The SMILES string of the molecule is CC(=O)N[C@H]1CCCN(C(=O)Nc2cccc3cnccc23)C1. The predicted molar refractivity (Wildman–Crippen MR) is 89.2 cm³/mol. The summed E-state index contributed by atoms with van der Waals surface area (Å²) >= 11 is 0. The lowest BCUT2D eigenvalue weighted by Gasteiger charge is -2.33. The minimum Gasteiger partial charge on any atom is -0.352 e. The van der Waals surface area contributed by atoms with Crippen molar-refractivity contribution in [2.24, 2.45) is 0 Å². The van der Waals surface area contributed by atoms with Crippen LogP contribution in [0, 0.1) is 0 Å². The van der Waals surface area contributed by atoms with Crippen LogP contribution in [-0.4, -0.2) is 41.0 Å². The quantitative estimate of drug-likeness (QED) is 0.894. The largest absolute Gasteiger partial charge is 0.352 e. The van der Waals surface area contributed by atoms with E-state index in [1.54, 1.807) is 17.3 Å². The normalized spacial score (nSPS) is 17.8. The third-order valence-electron chi connectivity index (χ3n) is 4.04. The van der Waals surface area contributed by atoms with Crippen molar-refractivity contribution < 1.29 is 9.59 Å². The molecule has 2 aromatic rings. The van der Waals surface area contributed by atoms with Crippen molar-refractivity contribution in [1.82, 2.24) is 15.2 Å². The van der Waals surface area contributed by atoms with Crippen LogP contribution in [0.2, 0.25) is 0 Å². The summed E-state index contributed by atoms with van der Waals surface area (Å²) in [4.78, 5) is 29.6. The number of likely N-dealkylation sites (tertiary alicyclic amines) is 1. The highest BCUT2D eigenvalue weighted by Gasteiger charge is 2.24. The Balaban J connectivity index is 1.72. The highest BCUT2D eigenvalue weighted by Crippen LogP contribution is 2.23. The monoisotopic (exact) mass is 312 g/mol. The van der Waals surface area contributed by atoms with E-state index in [0.29, 0.717) is 13.1 Å². The zero-order chi connectivity index (χ0) is 16.2. The molecule has 1 aliphatic heterocycles. The van der Waals surface area contributed by atoms with E-state index >= 15 is 0 Å². The van der Waals surface area contributed by atoms with Gasteiger partial charge in [0, 0.05) is 49.2 Å². The summed E-state index contributed by atoms with van der Waals surface area (Å²) in [6.45, 7) is 2.75. The van der Waals surface area contributed by atoms with Gasteiger partial charge in [0.1, 0.15) is 0 Å². The van der Waals surface area contributed by atoms with Crippen LogP contribution in [-0.2, 0) is 4.79 Å². The van der Waals surface area contributed by atoms with Crippen LogP contribution in [0.4, 0.5) is 10.5 Å². The average Bonchev–Trinajstić information content (AvgIpc) is 2.55. The van der Waals surface area contributed by atoms with E-state index in [1.165, 1.54) is 6.92 Å². The minimum atomic E-state index is -0.135. The van der Waals surface area contributed by atoms with Crippen molar-refractivity contribution in [3.05, 3.63) is 36.7 Å². The Labute approximate surface area is 134 Å². The molecule has 1 atom stereocenters. The van der Waals surface area contributed by atoms with Gasteiger partial charge in [-0.3, -0.25) is 9.78 Å². The molecule has 2 N–H and O–H groups in total. The number of nitrogens with one attached hydrogen (secondary N) is 2. The average molecular weight is 312 g/mol. The Morgan fingerprint density at radius 2 is 2.17 bits per heavy atom. The molecule has 3 rings (SSSR count). The zero-order valence-electron chi connectivity index (χ0n) is 13.1. The molecule has 6 nitrogen and oxygen atoms in total. The first-order valence-corrected chi connectivity index (χ1v) is 7.79. The number of hydrogen-bond acceptors (Lipinski definition) is 3. The smallest absolute Gasteiger partial charge is 0.321 e. The van der Waals surface area contributed by atoms with Crippen molar-refractivity contribution >= 4 is 28.4 Å². The second-order valence-electron chi connectivity index (χ2n) is 5.82. The fourth-order valence-corrected chi connectivity index (χ4v) is 2.99. The molecule has 1 aromatic heterocycles. The molecule has 0 saturated carbocycles. The number of nitrogens with zero attached hydrogens (tertiary/aromatic N) is 2. The maximum Gasteiger partial charge on any atom is 0.321 e. The van der Waals surface area contributed by atoms with Gasteiger partial charge < -0.3 is 15.5 Å².